The van der Waals surface area contributed by atoms with E-state index >= 15 is 0 Å². The van der Waals surface area contributed by atoms with Gasteiger partial charge in [-0.1, -0.05) is 25.7 Å². The van der Waals surface area contributed by atoms with E-state index in [0.717, 1.165) is 31.1 Å². The molecule has 0 saturated heterocycles. The van der Waals surface area contributed by atoms with Gasteiger partial charge in [-0.05, 0) is 32.4 Å². The van der Waals surface area contributed by atoms with Gasteiger partial charge in [-0.2, -0.15) is 13.2 Å². The van der Waals surface area contributed by atoms with E-state index in [0.29, 0.717) is 12.2 Å². The maximum absolute atomic E-state index is 13.2. The van der Waals surface area contributed by atoms with Gasteiger partial charge >= 0.3 is 6.18 Å². The fourth-order valence-electron chi connectivity index (χ4n) is 2.15. The Balaban J connectivity index is 3.04. The smallest absolute Gasteiger partial charge is 0.416 e. The van der Waals surface area contributed by atoms with Crippen LogP contribution in [0.1, 0.15) is 24.5 Å². The summed E-state index contributed by atoms with van der Waals surface area (Å²) < 4.78 is 45.2. The molecule has 25 heavy (non-hydrogen) atoms. The van der Waals surface area contributed by atoms with Crippen molar-refractivity contribution >= 4 is 20.1 Å². The molecule has 0 aliphatic heterocycles. The third-order valence-electron chi connectivity index (χ3n) is 3.88. The third kappa shape index (κ3) is 7.50. The Kier molecular flexibility index (Phi) is 7.53. The molecule has 0 heterocycles. The second-order valence-electron chi connectivity index (χ2n) is 7.45. The van der Waals surface area contributed by atoms with Gasteiger partial charge in [0.1, 0.15) is 5.75 Å². The first-order valence-electron chi connectivity index (χ1n) is 8.53. The molecule has 0 N–H and O–H groups in total. The highest BCUT2D eigenvalue weighted by atomic mass is 28.3. The number of benzene rings is 1. The van der Waals surface area contributed by atoms with E-state index in [4.69, 9.17) is 4.74 Å². The van der Waals surface area contributed by atoms with Crippen LogP contribution in [-0.2, 0) is 6.18 Å². The molecule has 3 nitrogen and oxygen atoms in total. The molecule has 7 heteroatoms. The zero-order valence-corrected chi connectivity index (χ0v) is 17.0. The van der Waals surface area contributed by atoms with E-state index in [1.807, 2.05) is 14.0 Å². The quantitative estimate of drug-likeness (QED) is 0.251. The number of alkyl halides is 3. The third-order valence-corrected chi connectivity index (χ3v) is 5.73. The van der Waals surface area contributed by atoms with E-state index in [9.17, 15) is 13.2 Å². The Labute approximate surface area is 149 Å². The molecular formula is C18H29F3N2OSi. The fourth-order valence-corrected chi connectivity index (χ4v) is 3.35. The Morgan fingerprint density at radius 3 is 2.40 bits per heavy atom. The van der Waals surface area contributed by atoms with E-state index in [-0.39, 0.29) is 11.4 Å². The normalized spacial score (nSPS) is 12.7. The maximum atomic E-state index is 13.2. The van der Waals surface area contributed by atoms with E-state index in [1.54, 1.807) is 11.8 Å². The maximum Gasteiger partial charge on any atom is 0.416 e. The summed E-state index contributed by atoms with van der Waals surface area (Å²) in [5.74, 6) is 0.261. The average molecular weight is 375 g/mol. The van der Waals surface area contributed by atoms with Crippen LogP contribution in [0.15, 0.2) is 17.1 Å². The van der Waals surface area contributed by atoms with Crippen LogP contribution in [0.2, 0.25) is 25.7 Å². The van der Waals surface area contributed by atoms with E-state index in [2.05, 4.69) is 24.6 Å². The Morgan fingerprint density at radius 2 is 1.88 bits per heavy atom. The molecule has 1 aromatic rings. The van der Waals surface area contributed by atoms with Gasteiger partial charge in [0.2, 0.25) is 0 Å². The topological polar surface area (TPSA) is 24.8 Å². The molecule has 0 amide bonds. The molecule has 1 rings (SSSR count). The van der Waals surface area contributed by atoms with Gasteiger partial charge in [0, 0.05) is 27.2 Å². The molecule has 0 spiro atoms. The van der Waals surface area contributed by atoms with Crippen LogP contribution in [0, 0.1) is 6.92 Å². The highest BCUT2D eigenvalue weighted by Gasteiger charge is 2.32. The molecule has 0 radical (unpaired) electrons. The van der Waals surface area contributed by atoms with Crippen molar-refractivity contribution < 1.29 is 17.9 Å². The lowest BCUT2D eigenvalue weighted by Crippen LogP contribution is -2.20. The van der Waals surface area contributed by atoms with Crippen LogP contribution < -0.4 is 4.74 Å². The van der Waals surface area contributed by atoms with Crippen LogP contribution >= 0.6 is 0 Å². The lowest BCUT2D eigenvalue weighted by Gasteiger charge is -2.18. The van der Waals surface area contributed by atoms with Crippen LogP contribution in [0.4, 0.5) is 18.9 Å². The minimum absolute atomic E-state index is 0.261. The molecule has 0 aromatic heterocycles. The number of aliphatic imine (C=N–C) groups is 1. The molecule has 0 aliphatic carbocycles. The summed E-state index contributed by atoms with van der Waals surface area (Å²) in [6, 6.07) is 3.23. The Hall–Kier alpha value is -1.50. The first-order valence-corrected chi connectivity index (χ1v) is 12.2. The van der Waals surface area contributed by atoms with Crippen molar-refractivity contribution in [3.05, 3.63) is 23.3 Å². The van der Waals surface area contributed by atoms with Crippen molar-refractivity contribution in [3.8, 4) is 5.75 Å². The summed E-state index contributed by atoms with van der Waals surface area (Å²) in [7, 11) is 0.640. The lowest BCUT2D eigenvalue weighted by atomic mass is 10.1. The molecule has 0 atom stereocenters. The average Bonchev–Trinajstić information content (AvgIpc) is 2.49. The van der Waals surface area contributed by atoms with Crippen molar-refractivity contribution in [3.63, 3.8) is 0 Å². The zero-order valence-electron chi connectivity index (χ0n) is 16.0. The predicted molar refractivity (Wildman–Crippen MR) is 101 cm³/mol. The number of nitrogens with zero attached hydrogens (tertiary/aromatic N) is 2. The standard InChI is InChI=1S/C18H29F3N2OSi/c1-7-23(3)13-22-16-11-15(18(19,20)21)12-17(14(16)2)24-9-8-10-25(4,5)6/h11-13H,7-10H2,1-6H3. The van der Waals surface area contributed by atoms with Crippen molar-refractivity contribution in [1.29, 1.82) is 0 Å². The summed E-state index contributed by atoms with van der Waals surface area (Å²) in [4.78, 5) is 6.01. The molecule has 0 aliphatic rings. The summed E-state index contributed by atoms with van der Waals surface area (Å²) in [5.41, 5.74) is 0.182. The first kappa shape index (κ1) is 21.5. The highest BCUT2D eigenvalue weighted by Crippen LogP contribution is 2.38. The van der Waals surface area contributed by atoms with Gasteiger partial charge in [-0.25, -0.2) is 4.99 Å². The number of rotatable bonds is 8. The summed E-state index contributed by atoms with van der Waals surface area (Å²) in [6.07, 6.45) is -2.04. The monoisotopic (exact) mass is 374 g/mol. The minimum Gasteiger partial charge on any atom is -0.493 e. The number of halogens is 3. The van der Waals surface area contributed by atoms with Crippen molar-refractivity contribution in [2.75, 3.05) is 20.2 Å². The van der Waals surface area contributed by atoms with Crippen LogP contribution in [0.25, 0.3) is 0 Å². The van der Waals surface area contributed by atoms with Crippen molar-refractivity contribution in [1.82, 2.24) is 4.90 Å². The van der Waals surface area contributed by atoms with Gasteiger partial charge < -0.3 is 9.64 Å². The predicted octanol–water partition coefficient (Wildman–Crippen LogP) is 5.73. The number of hydrogen-bond acceptors (Lipinski definition) is 2. The zero-order chi connectivity index (χ0) is 19.3. The summed E-state index contributed by atoms with van der Waals surface area (Å²) >= 11 is 0. The lowest BCUT2D eigenvalue weighted by molar-refractivity contribution is -0.137. The second-order valence-corrected chi connectivity index (χ2v) is 13.1. The van der Waals surface area contributed by atoms with Gasteiger partial charge in [-0.15, -0.1) is 0 Å². The van der Waals surface area contributed by atoms with Gasteiger partial charge in [0.25, 0.3) is 0 Å². The summed E-state index contributed by atoms with van der Waals surface area (Å²) in [5, 5.41) is 0. The number of hydrogen-bond donors (Lipinski definition) is 0. The van der Waals surface area contributed by atoms with Gasteiger partial charge in [0.15, 0.2) is 0 Å². The van der Waals surface area contributed by atoms with Crippen LogP contribution in [0.5, 0.6) is 5.75 Å². The van der Waals surface area contributed by atoms with Gasteiger partial charge in [-0.3, -0.25) is 0 Å². The first-order chi connectivity index (χ1) is 11.4. The Morgan fingerprint density at radius 1 is 1.24 bits per heavy atom. The van der Waals surface area contributed by atoms with E-state index < -0.39 is 19.8 Å². The summed E-state index contributed by atoms with van der Waals surface area (Å²) in [6.45, 7) is 11.6. The molecular weight excluding hydrogens is 345 g/mol. The van der Waals surface area contributed by atoms with Crippen molar-refractivity contribution in [2.24, 2.45) is 4.99 Å². The fraction of sp³-hybridized carbons (Fsp3) is 0.611. The molecule has 0 saturated carbocycles. The SMILES string of the molecule is CCN(C)C=Nc1cc(C(F)(F)F)cc(OCCC[Si](C)(C)C)c1C. The van der Waals surface area contributed by atoms with Crippen molar-refractivity contribution in [2.45, 2.75) is 52.1 Å². The van der Waals surface area contributed by atoms with Crippen LogP contribution in [-0.4, -0.2) is 39.5 Å². The molecule has 142 valence electrons. The molecule has 0 fully saturated rings. The second kappa shape index (κ2) is 8.74. The number of ether oxygens (including phenoxy) is 1. The largest absolute Gasteiger partial charge is 0.493 e. The highest BCUT2D eigenvalue weighted by molar-refractivity contribution is 6.76. The molecule has 1 aromatic carbocycles. The molecule has 0 unspecified atom stereocenters. The van der Waals surface area contributed by atoms with Crippen LogP contribution in [0.3, 0.4) is 0 Å². The minimum atomic E-state index is -4.43. The molecule has 0 bridgehead atoms. The van der Waals surface area contributed by atoms with Gasteiger partial charge in [0.05, 0.1) is 24.2 Å². The Bertz CT molecular complexity index is 595. The van der Waals surface area contributed by atoms with E-state index in [1.165, 1.54) is 6.34 Å².